The van der Waals surface area contributed by atoms with Gasteiger partial charge in [0, 0.05) is 18.2 Å². The molecule has 0 aliphatic carbocycles. The van der Waals surface area contributed by atoms with Gasteiger partial charge in [0.1, 0.15) is 24.0 Å². The topological polar surface area (TPSA) is 76.7 Å². The molecule has 0 radical (unpaired) electrons. The molecule has 2 aliphatic heterocycles. The van der Waals surface area contributed by atoms with Crippen molar-refractivity contribution in [2.75, 3.05) is 24.5 Å². The number of carbonyl (C=O) groups excluding carboxylic acids is 1. The summed E-state index contributed by atoms with van der Waals surface area (Å²) in [5, 5.41) is 3.09. The van der Waals surface area contributed by atoms with Gasteiger partial charge in [0.25, 0.3) is 5.56 Å². The van der Waals surface area contributed by atoms with E-state index >= 15 is 0 Å². The SMILES string of the molecule is O=C1O[C@@H](Cn2occc2=O)CN1c1cc(F)c(C2=CCNCC2)c(F)c1. The Kier molecular flexibility index (Phi) is 4.53. The maximum atomic E-state index is 14.6. The lowest BCUT2D eigenvalue weighted by Crippen LogP contribution is -2.28. The Bertz CT molecular complexity index is 943. The molecule has 0 bridgehead atoms. The highest BCUT2D eigenvalue weighted by molar-refractivity contribution is 5.90. The zero-order valence-electron chi connectivity index (χ0n) is 14.3. The standard InChI is InChI=1S/C18H17F2N3O4/c19-14-7-12(8-15(20)17(14)11-1-4-21-5-2-11)22-9-13(27-18(22)25)10-23-16(24)3-6-26-23/h1,3,6-8,13,21H,2,4-5,9-10H2/t13-/m1/s1. The lowest BCUT2D eigenvalue weighted by Gasteiger charge is -2.18. The number of ether oxygens (including phenoxy) is 1. The number of hydrogen-bond acceptors (Lipinski definition) is 5. The van der Waals surface area contributed by atoms with Gasteiger partial charge in [-0.15, -0.1) is 0 Å². The van der Waals surface area contributed by atoms with Crippen LogP contribution in [0.2, 0.25) is 0 Å². The van der Waals surface area contributed by atoms with Crippen LogP contribution in [0.5, 0.6) is 0 Å². The van der Waals surface area contributed by atoms with Crippen LogP contribution in [0, 0.1) is 11.6 Å². The normalized spacial score (nSPS) is 19.9. The van der Waals surface area contributed by atoms with Gasteiger partial charge < -0.3 is 14.6 Å². The summed E-state index contributed by atoms with van der Waals surface area (Å²) in [5.74, 6) is -1.45. The van der Waals surface area contributed by atoms with Crippen molar-refractivity contribution < 1.29 is 22.8 Å². The Morgan fingerprint density at radius 3 is 2.63 bits per heavy atom. The first-order valence-electron chi connectivity index (χ1n) is 8.55. The molecule has 1 saturated heterocycles. The summed E-state index contributed by atoms with van der Waals surface area (Å²) in [4.78, 5) is 24.8. The number of halogens is 2. The van der Waals surface area contributed by atoms with Crippen molar-refractivity contribution >= 4 is 17.4 Å². The number of hydrogen-bond donors (Lipinski definition) is 1. The fraction of sp³-hybridized carbons (Fsp3) is 0.333. The Balaban J connectivity index is 1.56. The number of nitrogens with one attached hydrogen (secondary N) is 1. The van der Waals surface area contributed by atoms with Crippen molar-refractivity contribution in [3.8, 4) is 0 Å². The van der Waals surface area contributed by atoms with E-state index in [1.807, 2.05) is 0 Å². The second kappa shape index (κ2) is 6.99. The molecule has 1 aromatic carbocycles. The summed E-state index contributed by atoms with van der Waals surface area (Å²) in [7, 11) is 0. The summed E-state index contributed by atoms with van der Waals surface area (Å²) in [6.07, 6.45) is 2.12. The molecule has 1 aromatic heterocycles. The van der Waals surface area contributed by atoms with Crippen LogP contribution in [0.3, 0.4) is 0 Å². The number of carbonyl (C=O) groups is 1. The van der Waals surface area contributed by atoms with Gasteiger partial charge in [-0.3, -0.25) is 9.69 Å². The molecule has 1 N–H and O–H groups in total. The van der Waals surface area contributed by atoms with E-state index in [9.17, 15) is 18.4 Å². The van der Waals surface area contributed by atoms with Gasteiger partial charge >= 0.3 is 6.09 Å². The highest BCUT2D eigenvalue weighted by atomic mass is 19.1. The molecule has 0 spiro atoms. The van der Waals surface area contributed by atoms with Gasteiger partial charge in [0.2, 0.25) is 0 Å². The molecule has 0 unspecified atom stereocenters. The van der Waals surface area contributed by atoms with Crippen molar-refractivity contribution in [2.45, 2.75) is 19.1 Å². The smallest absolute Gasteiger partial charge is 0.414 e. The average molecular weight is 377 g/mol. The van der Waals surface area contributed by atoms with Crippen LogP contribution in [0.1, 0.15) is 12.0 Å². The first-order chi connectivity index (χ1) is 13.0. The molecule has 9 heteroatoms. The van der Waals surface area contributed by atoms with E-state index in [2.05, 4.69) is 5.32 Å². The van der Waals surface area contributed by atoms with E-state index in [1.165, 1.54) is 12.3 Å². The second-order valence-electron chi connectivity index (χ2n) is 6.39. The van der Waals surface area contributed by atoms with Gasteiger partial charge in [-0.25, -0.2) is 13.6 Å². The lowest BCUT2D eigenvalue weighted by atomic mass is 9.98. The van der Waals surface area contributed by atoms with E-state index < -0.39 is 23.8 Å². The summed E-state index contributed by atoms with van der Waals surface area (Å²) in [5.41, 5.74) is 0.254. The maximum Gasteiger partial charge on any atom is 0.414 e. The second-order valence-corrected chi connectivity index (χ2v) is 6.39. The zero-order chi connectivity index (χ0) is 19.0. The van der Waals surface area contributed by atoms with Crippen LogP contribution >= 0.6 is 0 Å². The minimum absolute atomic E-state index is 0.0248. The van der Waals surface area contributed by atoms with Gasteiger partial charge in [-0.2, -0.15) is 4.74 Å². The van der Waals surface area contributed by atoms with Crippen molar-refractivity contribution in [2.24, 2.45) is 0 Å². The van der Waals surface area contributed by atoms with Gasteiger partial charge in [0.05, 0.1) is 18.8 Å². The summed E-state index contributed by atoms with van der Waals surface area (Å²) >= 11 is 0. The predicted molar refractivity (Wildman–Crippen MR) is 92.4 cm³/mol. The molecule has 4 rings (SSSR count). The Labute approximate surface area is 152 Å². The number of benzene rings is 1. The van der Waals surface area contributed by atoms with Crippen LogP contribution in [-0.4, -0.2) is 36.6 Å². The van der Waals surface area contributed by atoms with Crippen molar-refractivity contribution in [1.29, 1.82) is 0 Å². The molecule has 3 heterocycles. The largest absolute Gasteiger partial charge is 0.442 e. The monoisotopic (exact) mass is 377 g/mol. The number of nitrogens with zero attached hydrogens (tertiary/aromatic N) is 2. The molecule has 7 nitrogen and oxygen atoms in total. The minimum Gasteiger partial charge on any atom is -0.442 e. The number of amides is 1. The Hall–Kier alpha value is -2.94. The first kappa shape index (κ1) is 17.5. The highest BCUT2D eigenvalue weighted by Gasteiger charge is 2.34. The minimum atomic E-state index is -0.729. The van der Waals surface area contributed by atoms with Crippen molar-refractivity contribution in [1.82, 2.24) is 10.1 Å². The molecule has 1 fully saturated rings. The van der Waals surface area contributed by atoms with E-state index in [0.29, 0.717) is 25.1 Å². The first-order valence-corrected chi connectivity index (χ1v) is 8.55. The Morgan fingerprint density at radius 1 is 1.22 bits per heavy atom. The Morgan fingerprint density at radius 2 is 2.00 bits per heavy atom. The molecular formula is C18H17F2N3O4. The van der Waals surface area contributed by atoms with Crippen molar-refractivity contribution in [3.05, 3.63) is 58.1 Å². The van der Waals surface area contributed by atoms with Crippen LogP contribution in [0.15, 0.2) is 39.9 Å². The fourth-order valence-electron chi connectivity index (χ4n) is 3.31. The van der Waals surface area contributed by atoms with E-state index in [4.69, 9.17) is 9.26 Å². The molecule has 2 aliphatic rings. The van der Waals surface area contributed by atoms with Crippen LogP contribution in [0.4, 0.5) is 19.3 Å². The molecule has 2 aromatic rings. The van der Waals surface area contributed by atoms with Gasteiger partial charge in [0.15, 0.2) is 0 Å². The molecule has 0 saturated carbocycles. The molecule has 142 valence electrons. The third-order valence-corrected chi connectivity index (χ3v) is 4.61. The number of rotatable bonds is 4. The van der Waals surface area contributed by atoms with E-state index in [0.717, 1.165) is 21.8 Å². The number of cyclic esters (lactones) is 1. The van der Waals surface area contributed by atoms with E-state index in [1.54, 1.807) is 6.08 Å². The molecular weight excluding hydrogens is 360 g/mol. The zero-order valence-corrected chi connectivity index (χ0v) is 14.3. The molecule has 1 amide bonds. The number of anilines is 1. The maximum absolute atomic E-state index is 14.6. The molecule has 1 atom stereocenters. The van der Waals surface area contributed by atoms with Gasteiger partial charge in [-0.1, -0.05) is 6.08 Å². The van der Waals surface area contributed by atoms with Crippen LogP contribution < -0.4 is 15.8 Å². The van der Waals surface area contributed by atoms with Crippen LogP contribution in [0.25, 0.3) is 5.57 Å². The average Bonchev–Trinajstić information content (AvgIpc) is 3.21. The van der Waals surface area contributed by atoms with E-state index in [-0.39, 0.29) is 29.9 Å². The fourth-order valence-corrected chi connectivity index (χ4v) is 3.31. The quantitative estimate of drug-likeness (QED) is 0.883. The summed E-state index contributed by atoms with van der Waals surface area (Å²) < 4.78 is 40.4. The summed E-state index contributed by atoms with van der Waals surface area (Å²) in [6.45, 7) is 1.29. The third kappa shape index (κ3) is 3.37. The molecule has 27 heavy (non-hydrogen) atoms. The number of aromatic nitrogens is 1. The van der Waals surface area contributed by atoms with Crippen LogP contribution in [-0.2, 0) is 11.3 Å². The lowest BCUT2D eigenvalue weighted by molar-refractivity contribution is 0.107. The third-order valence-electron chi connectivity index (χ3n) is 4.61. The highest BCUT2D eigenvalue weighted by Crippen LogP contribution is 2.31. The van der Waals surface area contributed by atoms with Gasteiger partial charge in [-0.05, 0) is 30.7 Å². The summed E-state index contributed by atoms with van der Waals surface area (Å²) in [6, 6.07) is 3.50. The van der Waals surface area contributed by atoms with Crippen molar-refractivity contribution in [3.63, 3.8) is 0 Å². The predicted octanol–water partition coefficient (Wildman–Crippen LogP) is 2.12.